The van der Waals surface area contributed by atoms with Crippen LogP contribution in [0.25, 0.3) is 0 Å². The Hall–Kier alpha value is -2.28. The quantitative estimate of drug-likeness (QED) is 0.846. The molecule has 1 unspecified atom stereocenters. The van der Waals surface area contributed by atoms with Crippen LogP contribution in [-0.4, -0.2) is 29.2 Å². The van der Waals surface area contributed by atoms with E-state index in [2.05, 4.69) is 15.3 Å². The lowest BCUT2D eigenvalue weighted by molar-refractivity contribution is 0.0934. The van der Waals surface area contributed by atoms with Crippen molar-refractivity contribution in [2.75, 3.05) is 13.4 Å². The number of amides is 1. The smallest absolute Gasteiger partial charge is 0.270 e. The van der Waals surface area contributed by atoms with Gasteiger partial charge in [0.15, 0.2) is 0 Å². The number of hydrogen-bond acceptors (Lipinski definition) is 5. The minimum Gasteiger partial charge on any atom is -0.497 e. The second kappa shape index (κ2) is 7.82. The van der Waals surface area contributed by atoms with E-state index < -0.39 is 0 Å². The van der Waals surface area contributed by atoms with Gasteiger partial charge in [-0.25, -0.2) is 4.98 Å². The number of H-pyrrole nitrogens is 1. The minimum absolute atomic E-state index is 0.123. The van der Waals surface area contributed by atoms with Crippen LogP contribution in [0.3, 0.4) is 0 Å². The summed E-state index contributed by atoms with van der Waals surface area (Å²) < 4.78 is 5.11. The largest absolute Gasteiger partial charge is 0.497 e. The number of methoxy groups -OCH3 is 1. The number of nitrogens with one attached hydrogen (secondary N) is 2. The van der Waals surface area contributed by atoms with E-state index in [0.717, 1.165) is 11.3 Å². The molecular weight excluding hydrogens is 314 g/mol. The Kier molecular flexibility index (Phi) is 5.81. The molecule has 0 saturated carbocycles. The first-order chi connectivity index (χ1) is 11.0. The van der Waals surface area contributed by atoms with E-state index >= 15 is 0 Å². The highest BCUT2D eigenvalue weighted by Crippen LogP contribution is 2.17. The fraction of sp³-hybridized carbons (Fsp3) is 0.312. The molecule has 0 aliphatic carbocycles. The molecule has 1 atom stereocenters. The summed E-state index contributed by atoms with van der Waals surface area (Å²) in [6, 6.07) is 8.43. The van der Waals surface area contributed by atoms with E-state index in [-0.39, 0.29) is 23.2 Å². The van der Waals surface area contributed by atoms with Crippen molar-refractivity contribution < 1.29 is 9.53 Å². The Labute approximate surface area is 138 Å². The number of carbonyl (C=O) groups is 1. The monoisotopic (exact) mass is 333 g/mol. The van der Waals surface area contributed by atoms with Crippen LogP contribution in [0.4, 0.5) is 0 Å². The van der Waals surface area contributed by atoms with Crippen molar-refractivity contribution in [3.8, 4) is 5.75 Å². The first-order valence-electron chi connectivity index (χ1n) is 7.07. The zero-order chi connectivity index (χ0) is 16.8. The summed E-state index contributed by atoms with van der Waals surface area (Å²) in [5.41, 5.74) is 0.734. The van der Waals surface area contributed by atoms with Gasteiger partial charge in [0.05, 0.1) is 18.9 Å². The molecule has 122 valence electrons. The van der Waals surface area contributed by atoms with Gasteiger partial charge in [-0.3, -0.25) is 9.59 Å². The molecule has 2 rings (SSSR count). The Balaban J connectivity index is 2.12. The number of aromatic amines is 1. The van der Waals surface area contributed by atoms with Crippen LogP contribution in [0.2, 0.25) is 0 Å². The van der Waals surface area contributed by atoms with Gasteiger partial charge in [-0.2, -0.15) is 11.8 Å². The predicted molar refractivity (Wildman–Crippen MR) is 91.0 cm³/mol. The van der Waals surface area contributed by atoms with Crippen molar-refractivity contribution in [2.45, 2.75) is 18.7 Å². The van der Waals surface area contributed by atoms with E-state index in [1.807, 2.05) is 37.4 Å². The molecule has 1 aromatic carbocycles. The Morgan fingerprint density at radius 1 is 1.39 bits per heavy atom. The van der Waals surface area contributed by atoms with Gasteiger partial charge < -0.3 is 15.0 Å². The van der Waals surface area contributed by atoms with Crippen LogP contribution in [-0.2, 0) is 5.75 Å². The SMILES string of the molecule is COc1ccc(C(C)NC(=O)c2cc(=O)[nH]c(CSC)n2)cc1. The average Bonchev–Trinajstić information content (AvgIpc) is 2.54. The molecule has 2 aromatic rings. The van der Waals surface area contributed by atoms with Gasteiger partial charge >= 0.3 is 0 Å². The summed E-state index contributed by atoms with van der Waals surface area (Å²) in [5.74, 6) is 1.42. The Bertz CT molecular complexity index is 728. The number of benzene rings is 1. The standard InChI is InChI=1S/C16H19N3O3S/c1-10(11-4-6-12(22-2)7-5-11)17-16(21)13-8-15(20)19-14(18-13)9-23-3/h4-8,10H,9H2,1-3H3,(H,17,21)(H,18,19,20). The highest BCUT2D eigenvalue weighted by molar-refractivity contribution is 7.97. The summed E-state index contributed by atoms with van der Waals surface area (Å²) >= 11 is 1.52. The molecule has 6 nitrogen and oxygen atoms in total. The van der Waals surface area contributed by atoms with Gasteiger partial charge in [0.2, 0.25) is 0 Å². The molecule has 7 heteroatoms. The first kappa shape index (κ1) is 17.1. The van der Waals surface area contributed by atoms with Gasteiger partial charge in [-0.05, 0) is 30.9 Å². The number of thioether (sulfide) groups is 1. The van der Waals surface area contributed by atoms with Crippen molar-refractivity contribution in [1.82, 2.24) is 15.3 Å². The first-order valence-corrected chi connectivity index (χ1v) is 8.47. The van der Waals surface area contributed by atoms with Gasteiger partial charge in [-0.15, -0.1) is 0 Å². The molecule has 23 heavy (non-hydrogen) atoms. The van der Waals surface area contributed by atoms with Gasteiger partial charge in [0.25, 0.3) is 11.5 Å². The highest BCUT2D eigenvalue weighted by atomic mass is 32.2. The average molecular weight is 333 g/mol. The van der Waals surface area contributed by atoms with Crippen LogP contribution in [0.1, 0.15) is 34.8 Å². The summed E-state index contributed by atoms with van der Waals surface area (Å²) in [5, 5.41) is 2.84. The summed E-state index contributed by atoms with van der Waals surface area (Å²) in [4.78, 5) is 30.7. The molecule has 0 aliphatic rings. The van der Waals surface area contributed by atoms with E-state index in [4.69, 9.17) is 4.74 Å². The van der Waals surface area contributed by atoms with Crippen LogP contribution in [0.5, 0.6) is 5.75 Å². The number of aromatic nitrogens is 2. The van der Waals surface area contributed by atoms with Crippen LogP contribution in [0, 0.1) is 0 Å². The van der Waals surface area contributed by atoms with Crippen molar-refractivity contribution >= 4 is 17.7 Å². The van der Waals surface area contributed by atoms with Crippen molar-refractivity contribution in [3.63, 3.8) is 0 Å². The lowest BCUT2D eigenvalue weighted by atomic mass is 10.1. The van der Waals surface area contributed by atoms with E-state index in [1.165, 1.54) is 17.8 Å². The van der Waals surface area contributed by atoms with E-state index in [9.17, 15) is 9.59 Å². The maximum atomic E-state index is 12.3. The maximum absolute atomic E-state index is 12.3. The molecule has 0 saturated heterocycles. The van der Waals surface area contributed by atoms with E-state index in [1.54, 1.807) is 7.11 Å². The third-order valence-electron chi connectivity index (χ3n) is 3.27. The molecule has 0 spiro atoms. The Morgan fingerprint density at radius 3 is 2.70 bits per heavy atom. The minimum atomic E-state index is -0.373. The lowest BCUT2D eigenvalue weighted by Gasteiger charge is -2.14. The van der Waals surface area contributed by atoms with Crippen LogP contribution in [0.15, 0.2) is 35.1 Å². The fourth-order valence-electron chi connectivity index (χ4n) is 2.08. The molecule has 0 bridgehead atoms. The van der Waals surface area contributed by atoms with Crippen molar-refractivity contribution in [2.24, 2.45) is 0 Å². The zero-order valence-electron chi connectivity index (χ0n) is 13.3. The maximum Gasteiger partial charge on any atom is 0.270 e. The van der Waals surface area contributed by atoms with Crippen LogP contribution < -0.4 is 15.6 Å². The molecule has 0 radical (unpaired) electrons. The predicted octanol–water partition coefficient (Wildman–Crippen LogP) is 2.13. The molecule has 1 aromatic heterocycles. The molecule has 0 fully saturated rings. The van der Waals surface area contributed by atoms with Gasteiger partial charge in [0, 0.05) is 6.07 Å². The third-order valence-corrected chi connectivity index (χ3v) is 3.83. The number of ether oxygens (including phenoxy) is 1. The second-order valence-corrected chi connectivity index (χ2v) is 5.84. The van der Waals surface area contributed by atoms with Crippen LogP contribution >= 0.6 is 11.8 Å². The van der Waals surface area contributed by atoms with Gasteiger partial charge in [0.1, 0.15) is 17.3 Å². The van der Waals surface area contributed by atoms with Gasteiger partial charge in [-0.1, -0.05) is 12.1 Å². The topological polar surface area (TPSA) is 84.1 Å². The third kappa shape index (κ3) is 4.59. The van der Waals surface area contributed by atoms with E-state index in [0.29, 0.717) is 11.6 Å². The second-order valence-electron chi connectivity index (χ2n) is 4.98. The lowest BCUT2D eigenvalue weighted by Crippen LogP contribution is -2.29. The zero-order valence-corrected chi connectivity index (χ0v) is 14.1. The molecule has 1 heterocycles. The Morgan fingerprint density at radius 2 is 2.09 bits per heavy atom. The summed E-state index contributed by atoms with van der Waals surface area (Å²) in [7, 11) is 1.60. The summed E-state index contributed by atoms with van der Waals surface area (Å²) in [6.45, 7) is 1.87. The molecular formula is C16H19N3O3S. The van der Waals surface area contributed by atoms with Crippen molar-refractivity contribution in [3.05, 3.63) is 57.8 Å². The number of hydrogen-bond donors (Lipinski definition) is 2. The molecule has 2 N–H and O–H groups in total. The molecule has 1 amide bonds. The normalized spacial score (nSPS) is 11.8. The fourth-order valence-corrected chi connectivity index (χ4v) is 2.49. The van der Waals surface area contributed by atoms with Crippen molar-refractivity contribution in [1.29, 1.82) is 0 Å². The summed E-state index contributed by atoms with van der Waals surface area (Å²) in [6.07, 6.45) is 1.90. The number of carbonyl (C=O) groups excluding carboxylic acids is 1. The number of nitrogens with zero attached hydrogens (tertiary/aromatic N) is 1. The number of rotatable bonds is 6. The molecule has 0 aliphatic heterocycles. The highest BCUT2D eigenvalue weighted by Gasteiger charge is 2.14.